The van der Waals surface area contributed by atoms with Crippen molar-refractivity contribution >= 4 is 11.2 Å². The van der Waals surface area contributed by atoms with E-state index < -0.39 is 0 Å². The van der Waals surface area contributed by atoms with Gasteiger partial charge in [-0.05, 0) is 46.4 Å². The summed E-state index contributed by atoms with van der Waals surface area (Å²) >= 11 is 0. The molecule has 5 aromatic rings. The molecule has 0 aliphatic heterocycles. The summed E-state index contributed by atoms with van der Waals surface area (Å²) in [4.78, 5) is 31.3. The molecule has 5 rings (SSSR count). The summed E-state index contributed by atoms with van der Waals surface area (Å²) in [6, 6.07) is 16.1. The summed E-state index contributed by atoms with van der Waals surface area (Å²) in [5, 5.41) is 14.3. The van der Waals surface area contributed by atoms with E-state index in [4.69, 9.17) is 0 Å². The number of aromatic amines is 1. The molecular formula is C27H30N8O2. The van der Waals surface area contributed by atoms with Gasteiger partial charge < -0.3 is 4.57 Å². The van der Waals surface area contributed by atoms with Gasteiger partial charge in [-0.1, -0.05) is 69.3 Å². The van der Waals surface area contributed by atoms with E-state index in [-0.39, 0.29) is 17.2 Å². The molecule has 0 saturated carbocycles. The van der Waals surface area contributed by atoms with Crippen LogP contribution in [0.1, 0.15) is 38.6 Å². The smallest absolute Gasteiger partial charge is 0.318 e. The summed E-state index contributed by atoms with van der Waals surface area (Å²) < 4.78 is 4.92. The van der Waals surface area contributed by atoms with Crippen LogP contribution < -0.4 is 11.2 Å². The molecule has 0 radical (unpaired) electrons. The van der Waals surface area contributed by atoms with Crippen molar-refractivity contribution in [3.05, 3.63) is 80.8 Å². The van der Waals surface area contributed by atoms with Crippen LogP contribution in [0.15, 0.2) is 58.1 Å². The van der Waals surface area contributed by atoms with E-state index in [1.807, 2.05) is 68.7 Å². The number of imidazole rings is 1. The molecule has 0 bridgehead atoms. The standard InChI is InChI=1S/C27H30N8O2/c1-5-14-33-25-23(26(36)35(27(33)37)15-17(2)3)34(18(4)28-25)16-19-10-12-20(13-11-19)21-8-6-7-9-22(21)24-29-31-32-30-24/h6-13,17H,5,14-16H2,1-4H3,(H,29,30,31,32). The molecule has 37 heavy (non-hydrogen) atoms. The van der Waals surface area contributed by atoms with E-state index in [9.17, 15) is 9.59 Å². The summed E-state index contributed by atoms with van der Waals surface area (Å²) in [7, 11) is 0. The van der Waals surface area contributed by atoms with Gasteiger partial charge in [0.25, 0.3) is 5.56 Å². The Hall–Kier alpha value is -4.34. The molecule has 1 N–H and O–H groups in total. The zero-order valence-corrected chi connectivity index (χ0v) is 21.5. The lowest BCUT2D eigenvalue weighted by Gasteiger charge is -2.14. The lowest BCUT2D eigenvalue weighted by Crippen LogP contribution is -2.41. The average molecular weight is 499 g/mol. The molecule has 10 heteroatoms. The quantitative estimate of drug-likeness (QED) is 0.349. The normalized spacial score (nSPS) is 11.6. The van der Waals surface area contributed by atoms with Gasteiger partial charge in [0.15, 0.2) is 17.0 Å². The van der Waals surface area contributed by atoms with E-state index in [0.29, 0.717) is 42.4 Å². The number of nitrogens with zero attached hydrogens (tertiary/aromatic N) is 7. The van der Waals surface area contributed by atoms with Crippen LogP contribution in [0.5, 0.6) is 0 Å². The monoisotopic (exact) mass is 498 g/mol. The van der Waals surface area contributed by atoms with Crippen molar-refractivity contribution in [1.29, 1.82) is 0 Å². The van der Waals surface area contributed by atoms with E-state index >= 15 is 0 Å². The zero-order chi connectivity index (χ0) is 26.1. The van der Waals surface area contributed by atoms with Crippen LogP contribution in [0.3, 0.4) is 0 Å². The summed E-state index contributed by atoms with van der Waals surface area (Å²) in [6.07, 6.45) is 0.772. The summed E-state index contributed by atoms with van der Waals surface area (Å²) in [5.74, 6) is 1.47. The molecule has 0 atom stereocenters. The van der Waals surface area contributed by atoms with Crippen molar-refractivity contribution in [2.75, 3.05) is 0 Å². The van der Waals surface area contributed by atoms with Gasteiger partial charge in [0.05, 0.1) is 0 Å². The van der Waals surface area contributed by atoms with Gasteiger partial charge in [0, 0.05) is 25.2 Å². The largest absolute Gasteiger partial charge is 0.332 e. The van der Waals surface area contributed by atoms with E-state index in [2.05, 4.69) is 37.7 Å². The molecule has 3 heterocycles. The predicted molar refractivity (Wildman–Crippen MR) is 142 cm³/mol. The van der Waals surface area contributed by atoms with E-state index in [1.165, 1.54) is 4.57 Å². The highest BCUT2D eigenvalue weighted by atomic mass is 16.2. The van der Waals surface area contributed by atoms with Gasteiger partial charge in [-0.2, -0.15) is 0 Å². The minimum absolute atomic E-state index is 0.165. The first kappa shape index (κ1) is 24.4. The first-order valence-electron chi connectivity index (χ1n) is 12.5. The topological polar surface area (TPSA) is 116 Å². The fourth-order valence-corrected chi connectivity index (χ4v) is 4.73. The number of aryl methyl sites for hydroxylation is 2. The van der Waals surface area contributed by atoms with Crippen LogP contribution in [0, 0.1) is 12.8 Å². The van der Waals surface area contributed by atoms with Crippen LogP contribution >= 0.6 is 0 Å². The number of nitrogens with one attached hydrogen (secondary N) is 1. The molecule has 0 amide bonds. The number of rotatable bonds is 8. The Bertz CT molecular complexity index is 1660. The van der Waals surface area contributed by atoms with Crippen molar-refractivity contribution in [2.45, 2.75) is 53.8 Å². The zero-order valence-electron chi connectivity index (χ0n) is 21.5. The van der Waals surface area contributed by atoms with Crippen molar-refractivity contribution in [3.8, 4) is 22.5 Å². The summed E-state index contributed by atoms with van der Waals surface area (Å²) in [5.41, 5.74) is 4.33. The molecule has 10 nitrogen and oxygen atoms in total. The Morgan fingerprint density at radius 3 is 2.32 bits per heavy atom. The molecule has 190 valence electrons. The van der Waals surface area contributed by atoms with Crippen molar-refractivity contribution in [1.82, 2.24) is 39.3 Å². The molecule has 0 fully saturated rings. The van der Waals surface area contributed by atoms with Crippen LogP contribution in [0.4, 0.5) is 0 Å². The Morgan fingerprint density at radius 2 is 1.68 bits per heavy atom. The third-order valence-electron chi connectivity index (χ3n) is 6.43. The fraction of sp³-hybridized carbons (Fsp3) is 0.333. The van der Waals surface area contributed by atoms with Crippen LogP contribution in [-0.4, -0.2) is 39.3 Å². The lowest BCUT2D eigenvalue weighted by atomic mass is 9.98. The Labute approximate surface area is 213 Å². The van der Waals surface area contributed by atoms with Crippen molar-refractivity contribution < 1.29 is 0 Å². The molecule has 2 aromatic carbocycles. The van der Waals surface area contributed by atoms with Gasteiger partial charge in [0.2, 0.25) is 0 Å². The minimum atomic E-state index is -0.289. The molecule has 0 aliphatic rings. The highest BCUT2D eigenvalue weighted by Gasteiger charge is 2.20. The van der Waals surface area contributed by atoms with Gasteiger partial charge >= 0.3 is 5.69 Å². The molecule has 0 spiro atoms. The fourth-order valence-electron chi connectivity index (χ4n) is 4.73. The third-order valence-corrected chi connectivity index (χ3v) is 6.43. The maximum Gasteiger partial charge on any atom is 0.332 e. The highest BCUT2D eigenvalue weighted by Crippen LogP contribution is 2.30. The number of benzene rings is 2. The van der Waals surface area contributed by atoms with Crippen LogP contribution in [0.25, 0.3) is 33.7 Å². The number of aromatic nitrogens is 8. The predicted octanol–water partition coefficient (Wildman–Crippen LogP) is 3.63. The summed E-state index contributed by atoms with van der Waals surface area (Å²) in [6.45, 7) is 9.25. The highest BCUT2D eigenvalue weighted by molar-refractivity contribution is 5.80. The number of hydrogen-bond donors (Lipinski definition) is 1. The number of hydrogen-bond acceptors (Lipinski definition) is 6. The number of fused-ring (bicyclic) bond motifs is 1. The van der Waals surface area contributed by atoms with Crippen LogP contribution in [-0.2, 0) is 19.6 Å². The van der Waals surface area contributed by atoms with Gasteiger partial charge in [-0.15, -0.1) is 5.10 Å². The maximum atomic E-state index is 13.5. The first-order valence-corrected chi connectivity index (χ1v) is 12.5. The van der Waals surface area contributed by atoms with E-state index in [0.717, 1.165) is 28.7 Å². The second-order valence-corrected chi connectivity index (χ2v) is 9.65. The van der Waals surface area contributed by atoms with E-state index in [1.54, 1.807) is 4.57 Å². The molecular weight excluding hydrogens is 468 g/mol. The Kier molecular flexibility index (Phi) is 6.56. The first-order chi connectivity index (χ1) is 17.9. The van der Waals surface area contributed by atoms with Crippen molar-refractivity contribution in [2.24, 2.45) is 5.92 Å². The van der Waals surface area contributed by atoms with Gasteiger partial charge in [-0.3, -0.25) is 13.9 Å². The Morgan fingerprint density at radius 1 is 0.946 bits per heavy atom. The van der Waals surface area contributed by atoms with Crippen molar-refractivity contribution in [3.63, 3.8) is 0 Å². The number of H-pyrrole nitrogens is 1. The van der Waals surface area contributed by atoms with Gasteiger partial charge in [0.1, 0.15) is 5.82 Å². The second-order valence-electron chi connectivity index (χ2n) is 9.65. The molecule has 3 aromatic heterocycles. The lowest BCUT2D eigenvalue weighted by molar-refractivity contribution is 0.473. The molecule has 0 aliphatic carbocycles. The SMILES string of the molecule is CCCn1c(=O)n(CC(C)C)c(=O)c2c1nc(C)n2Cc1ccc(-c2ccccc2-c2nnn[nH]2)cc1. The Balaban J connectivity index is 1.56. The van der Waals surface area contributed by atoms with Gasteiger partial charge in [-0.25, -0.2) is 14.9 Å². The minimum Gasteiger partial charge on any atom is -0.318 e. The average Bonchev–Trinajstić information content (AvgIpc) is 3.54. The van der Waals surface area contributed by atoms with Crippen LogP contribution in [0.2, 0.25) is 0 Å². The third kappa shape index (κ3) is 4.50. The molecule has 0 saturated heterocycles. The molecule has 0 unspecified atom stereocenters. The maximum absolute atomic E-state index is 13.5. The number of tetrazole rings is 1. The second kappa shape index (κ2) is 9.96.